The predicted octanol–water partition coefficient (Wildman–Crippen LogP) is 3.95. The Morgan fingerprint density at radius 1 is 1.11 bits per heavy atom. The molecule has 28 heavy (non-hydrogen) atoms. The number of cyclic esters (lactones) is 1. The molecule has 1 fully saturated rings. The SMILES string of the molecule is CCCCCCCCCCCC1OCC(C2OC(=O)C(O)=C2OCC(C)=O)O1. The van der Waals surface area contributed by atoms with Crippen LogP contribution >= 0.6 is 0 Å². The first-order valence-electron chi connectivity index (χ1n) is 10.6. The Hall–Kier alpha value is -1.60. The number of unbranched alkanes of at least 4 members (excludes halogenated alkanes) is 8. The van der Waals surface area contributed by atoms with E-state index in [0.29, 0.717) is 0 Å². The average molecular weight is 398 g/mol. The van der Waals surface area contributed by atoms with Gasteiger partial charge in [0.05, 0.1) is 6.61 Å². The van der Waals surface area contributed by atoms with Gasteiger partial charge in [0, 0.05) is 0 Å². The largest absolute Gasteiger partial charge is 0.499 e. The van der Waals surface area contributed by atoms with Crippen molar-refractivity contribution in [2.75, 3.05) is 13.2 Å². The molecule has 3 atom stereocenters. The molecule has 2 aliphatic heterocycles. The highest BCUT2D eigenvalue weighted by atomic mass is 16.7. The third-order valence-corrected chi connectivity index (χ3v) is 5.00. The van der Waals surface area contributed by atoms with Gasteiger partial charge in [0.25, 0.3) is 0 Å². The Morgan fingerprint density at radius 3 is 2.39 bits per heavy atom. The summed E-state index contributed by atoms with van der Waals surface area (Å²) in [5, 5.41) is 9.83. The van der Waals surface area contributed by atoms with Crippen molar-refractivity contribution in [3.8, 4) is 0 Å². The van der Waals surface area contributed by atoms with Crippen molar-refractivity contribution in [1.29, 1.82) is 0 Å². The second kappa shape index (κ2) is 12.1. The highest BCUT2D eigenvalue weighted by Gasteiger charge is 2.45. The number of hydrogen-bond donors (Lipinski definition) is 1. The normalized spacial score (nSPS) is 24.6. The maximum atomic E-state index is 11.6. The van der Waals surface area contributed by atoms with Gasteiger partial charge in [0.15, 0.2) is 23.9 Å². The molecule has 2 rings (SSSR count). The molecule has 0 bridgehead atoms. The quantitative estimate of drug-likeness (QED) is 0.350. The van der Waals surface area contributed by atoms with E-state index in [1.165, 1.54) is 51.9 Å². The monoisotopic (exact) mass is 398 g/mol. The summed E-state index contributed by atoms with van der Waals surface area (Å²) in [5.41, 5.74) is 0. The average Bonchev–Trinajstić information content (AvgIpc) is 3.24. The summed E-state index contributed by atoms with van der Waals surface area (Å²) in [5.74, 6) is -1.73. The second-order valence-electron chi connectivity index (χ2n) is 7.58. The molecule has 2 heterocycles. The molecular formula is C21H34O7. The topological polar surface area (TPSA) is 91.3 Å². The molecule has 0 radical (unpaired) electrons. The van der Waals surface area contributed by atoms with Gasteiger partial charge >= 0.3 is 5.97 Å². The van der Waals surface area contributed by atoms with Gasteiger partial charge in [0.2, 0.25) is 5.76 Å². The predicted molar refractivity (Wildman–Crippen MR) is 103 cm³/mol. The fourth-order valence-corrected chi connectivity index (χ4v) is 3.44. The van der Waals surface area contributed by atoms with E-state index in [9.17, 15) is 14.7 Å². The summed E-state index contributed by atoms with van der Waals surface area (Å²) in [4.78, 5) is 22.8. The van der Waals surface area contributed by atoms with Crippen molar-refractivity contribution in [2.24, 2.45) is 0 Å². The van der Waals surface area contributed by atoms with E-state index in [1.54, 1.807) is 0 Å². The third-order valence-electron chi connectivity index (χ3n) is 5.00. The minimum atomic E-state index is -0.875. The second-order valence-corrected chi connectivity index (χ2v) is 7.58. The molecule has 0 amide bonds. The maximum absolute atomic E-state index is 11.6. The molecule has 0 spiro atoms. The Balaban J connectivity index is 1.65. The number of aliphatic hydroxyl groups excluding tert-OH is 1. The molecular weight excluding hydrogens is 364 g/mol. The Bertz CT molecular complexity index is 543. The van der Waals surface area contributed by atoms with E-state index in [4.69, 9.17) is 18.9 Å². The minimum absolute atomic E-state index is 0.0440. The molecule has 7 nitrogen and oxygen atoms in total. The van der Waals surface area contributed by atoms with Crippen LogP contribution in [0.4, 0.5) is 0 Å². The lowest BCUT2D eigenvalue weighted by molar-refractivity contribution is -0.149. The first-order chi connectivity index (χ1) is 13.5. The summed E-state index contributed by atoms with van der Waals surface area (Å²) in [6, 6.07) is 0. The Labute approximate surface area is 167 Å². The molecule has 2 aliphatic rings. The molecule has 1 saturated heterocycles. The van der Waals surface area contributed by atoms with Gasteiger partial charge in [-0.25, -0.2) is 4.79 Å². The molecule has 0 aliphatic carbocycles. The number of hydrogen-bond acceptors (Lipinski definition) is 7. The number of carbonyl (C=O) groups is 2. The summed E-state index contributed by atoms with van der Waals surface area (Å²) in [6.45, 7) is 3.61. The van der Waals surface area contributed by atoms with Crippen molar-refractivity contribution in [3.05, 3.63) is 11.5 Å². The zero-order valence-electron chi connectivity index (χ0n) is 17.1. The van der Waals surface area contributed by atoms with Crippen LogP contribution in [0.2, 0.25) is 0 Å². The Morgan fingerprint density at radius 2 is 1.75 bits per heavy atom. The van der Waals surface area contributed by atoms with Gasteiger partial charge in [-0.1, -0.05) is 58.3 Å². The van der Waals surface area contributed by atoms with Gasteiger partial charge in [-0.2, -0.15) is 0 Å². The molecule has 3 unspecified atom stereocenters. The van der Waals surface area contributed by atoms with Crippen molar-refractivity contribution < 1.29 is 33.6 Å². The fraction of sp³-hybridized carbons (Fsp3) is 0.810. The van der Waals surface area contributed by atoms with Gasteiger partial charge in [-0.3, -0.25) is 4.79 Å². The lowest BCUT2D eigenvalue weighted by Crippen LogP contribution is -2.32. The van der Waals surface area contributed by atoms with E-state index in [0.717, 1.165) is 19.3 Å². The summed E-state index contributed by atoms with van der Waals surface area (Å²) >= 11 is 0. The molecule has 0 saturated carbocycles. The van der Waals surface area contributed by atoms with E-state index in [1.807, 2.05) is 0 Å². The zero-order chi connectivity index (χ0) is 20.4. The molecule has 0 aromatic rings. The van der Waals surface area contributed by atoms with Gasteiger partial charge in [-0.05, 0) is 19.8 Å². The van der Waals surface area contributed by atoms with Crippen LogP contribution in [-0.4, -0.2) is 48.6 Å². The van der Waals surface area contributed by atoms with Crippen LogP contribution in [0.25, 0.3) is 0 Å². The summed E-state index contributed by atoms with van der Waals surface area (Å²) < 4.78 is 21.9. The van der Waals surface area contributed by atoms with Crippen LogP contribution in [0, 0.1) is 0 Å². The van der Waals surface area contributed by atoms with Crippen molar-refractivity contribution in [2.45, 2.75) is 96.6 Å². The third kappa shape index (κ3) is 7.09. The van der Waals surface area contributed by atoms with Gasteiger partial charge in [0.1, 0.15) is 12.7 Å². The molecule has 0 aromatic carbocycles. The molecule has 1 N–H and O–H groups in total. The summed E-state index contributed by atoms with van der Waals surface area (Å²) in [6.07, 6.45) is 10.3. The number of ketones is 1. The first kappa shape index (κ1) is 22.7. The zero-order valence-corrected chi connectivity index (χ0v) is 17.1. The standard InChI is InChI=1S/C21H34O7/c1-3-4-5-6-7-8-9-10-11-12-17-25-14-16(27-17)19-20(26-13-15(2)22)18(23)21(24)28-19/h16-17,19,23H,3-14H2,1-2H3. The lowest BCUT2D eigenvalue weighted by atomic mass is 10.1. The van der Waals surface area contributed by atoms with Crippen molar-refractivity contribution in [3.63, 3.8) is 0 Å². The van der Waals surface area contributed by atoms with E-state index >= 15 is 0 Å². The first-order valence-corrected chi connectivity index (χ1v) is 10.6. The number of rotatable bonds is 14. The smallest absolute Gasteiger partial charge is 0.378 e. The highest BCUT2D eigenvalue weighted by molar-refractivity contribution is 5.89. The molecule has 7 heteroatoms. The van der Waals surface area contributed by atoms with Gasteiger partial charge < -0.3 is 24.1 Å². The Kier molecular flexibility index (Phi) is 9.78. The molecule has 0 aromatic heterocycles. The fourth-order valence-electron chi connectivity index (χ4n) is 3.44. The number of Topliss-reactive ketones (excluding diaryl/α,β-unsaturated/α-hetero) is 1. The van der Waals surface area contributed by atoms with E-state index in [2.05, 4.69) is 6.92 Å². The van der Waals surface area contributed by atoms with Crippen LogP contribution in [0.15, 0.2) is 11.5 Å². The highest BCUT2D eigenvalue weighted by Crippen LogP contribution is 2.30. The minimum Gasteiger partial charge on any atom is -0.499 e. The van der Waals surface area contributed by atoms with Crippen LogP contribution in [0.3, 0.4) is 0 Å². The van der Waals surface area contributed by atoms with E-state index < -0.39 is 23.9 Å². The lowest BCUT2D eigenvalue weighted by Gasteiger charge is -2.19. The van der Waals surface area contributed by atoms with Crippen LogP contribution in [0.5, 0.6) is 0 Å². The van der Waals surface area contributed by atoms with Crippen molar-refractivity contribution >= 4 is 11.8 Å². The molecule has 160 valence electrons. The van der Waals surface area contributed by atoms with Crippen LogP contribution in [-0.2, 0) is 28.5 Å². The van der Waals surface area contributed by atoms with E-state index in [-0.39, 0.29) is 31.0 Å². The van der Waals surface area contributed by atoms with Gasteiger partial charge in [-0.15, -0.1) is 0 Å². The maximum Gasteiger partial charge on any atom is 0.378 e. The number of ether oxygens (including phenoxy) is 4. The number of carbonyl (C=O) groups excluding carboxylic acids is 2. The van der Waals surface area contributed by atoms with Crippen LogP contribution in [0.1, 0.15) is 78.1 Å². The summed E-state index contributed by atoms with van der Waals surface area (Å²) in [7, 11) is 0. The van der Waals surface area contributed by atoms with Crippen molar-refractivity contribution in [1.82, 2.24) is 0 Å². The number of aliphatic hydroxyl groups is 1. The number of esters is 1. The van der Waals surface area contributed by atoms with Crippen LogP contribution < -0.4 is 0 Å².